The Morgan fingerprint density at radius 2 is 1.94 bits per heavy atom. The van der Waals surface area contributed by atoms with Crippen LogP contribution in [0.25, 0.3) is 0 Å². The van der Waals surface area contributed by atoms with E-state index >= 15 is 0 Å². The molecule has 0 atom stereocenters. The minimum atomic E-state index is -0.887. The van der Waals surface area contributed by atoms with E-state index in [2.05, 4.69) is 14.5 Å². The lowest BCUT2D eigenvalue weighted by Gasteiger charge is -2.11. The minimum Gasteiger partial charge on any atom is -0.468 e. The molecule has 1 rings (SSSR count). The molecular formula is C11H16N2O4. The number of esters is 2. The van der Waals surface area contributed by atoms with Crippen LogP contribution in [0.15, 0.2) is 12.4 Å². The highest BCUT2D eigenvalue weighted by atomic mass is 16.5. The molecule has 0 N–H and O–H groups in total. The summed E-state index contributed by atoms with van der Waals surface area (Å²) in [6, 6.07) is 0. The third-order valence-corrected chi connectivity index (χ3v) is 2.55. The molecule has 94 valence electrons. The Kier molecular flexibility index (Phi) is 4.68. The normalized spacial score (nSPS) is 10.4. The van der Waals surface area contributed by atoms with Gasteiger partial charge in [-0.1, -0.05) is 0 Å². The number of carbonyl (C=O) groups is 2. The van der Waals surface area contributed by atoms with Crippen molar-refractivity contribution < 1.29 is 19.1 Å². The van der Waals surface area contributed by atoms with Crippen LogP contribution in [0, 0.1) is 5.92 Å². The summed E-state index contributed by atoms with van der Waals surface area (Å²) in [6.45, 7) is 0. The molecule has 17 heavy (non-hydrogen) atoms. The van der Waals surface area contributed by atoms with E-state index in [4.69, 9.17) is 0 Å². The molecule has 6 heteroatoms. The van der Waals surface area contributed by atoms with Gasteiger partial charge in [0.05, 0.1) is 14.2 Å². The summed E-state index contributed by atoms with van der Waals surface area (Å²) in [4.78, 5) is 26.9. The Morgan fingerprint density at radius 3 is 2.35 bits per heavy atom. The van der Waals surface area contributed by atoms with Crippen LogP contribution in [0.1, 0.15) is 12.2 Å². The summed E-state index contributed by atoms with van der Waals surface area (Å²) in [5, 5.41) is 0. The maximum atomic E-state index is 11.4. The fourth-order valence-electron chi connectivity index (χ4n) is 1.53. The molecule has 1 aromatic heterocycles. The number of hydrogen-bond acceptors (Lipinski definition) is 5. The lowest BCUT2D eigenvalue weighted by Crippen LogP contribution is -2.27. The fraction of sp³-hybridized carbons (Fsp3) is 0.545. The number of imidazole rings is 1. The fourth-order valence-corrected chi connectivity index (χ4v) is 1.53. The molecule has 1 heterocycles. The van der Waals surface area contributed by atoms with Gasteiger partial charge in [-0.2, -0.15) is 0 Å². The van der Waals surface area contributed by atoms with Gasteiger partial charge < -0.3 is 14.0 Å². The van der Waals surface area contributed by atoms with Gasteiger partial charge in [0.25, 0.3) is 0 Å². The Balaban J connectivity index is 2.64. The van der Waals surface area contributed by atoms with Crippen LogP contribution in [-0.4, -0.2) is 35.7 Å². The average molecular weight is 240 g/mol. The predicted octanol–water partition coefficient (Wildman–Crippen LogP) is 0.315. The van der Waals surface area contributed by atoms with Gasteiger partial charge in [0.2, 0.25) is 0 Å². The first kappa shape index (κ1) is 13.2. The summed E-state index contributed by atoms with van der Waals surface area (Å²) in [5.74, 6) is -1.23. The molecule has 0 fully saturated rings. The van der Waals surface area contributed by atoms with Gasteiger partial charge in [-0.25, -0.2) is 4.98 Å². The molecule has 0 aliphatic carbocycles. The zero-order chi connectivity index (χ0) is 12.8. The van der Waals surface area contributed by atoms with Crippen LogP contribution in [-0.2, 0) is 32.5 Å². The number of hydrogen-bond donors (Lipinski definition) is 0. The van der Waals surface area contributed by atoms with E-state index in [1.54, 1.807) is 12.4 Å². The van der Waals surface area contributed by atoms with Crippen molar-refractivity contribution >= 4 is 11.9 Å². The zero-order valence-corrected chi connectivity index (χ0v) is 10.2. The van der Waals surface area contributed by atoms with Crippen molar-refractivity contribution in [3.05, 3.63) is 18.2 Å². The van der Waals surface area contributed by atoms with Crippen molar-refractivity contribution in [3.63, 3.8) is 0 Å². The standard InChI is InChI=1S/C11H16N2O4/c1-13-7-6-12-9(13)5-4-8(10(14)16-2)11(15)17-3/h6-8H,4-5H2,1-3H3. The van der Waals surface area contributed by atoms with E-state index in [0.717, 1.165) is 5.82 Å². The molecule has 0 saturated heterocycles. The Bertz CT molecular complexity index is 384. The van der Waals surface area contributed by atoms with Crippen LogP contribution in [0.5, 0.6) is 0 Å². The first-order valence-electron chi connectivity index (χ1n) is 5.22. The molecule has 0 unspecified atom stereocenters. The number of nitrogens with zero attached hydrogens (tertiary/aromatic N) is 2. The maximum Gasteiger partial charge on any atom is 0.320 e. The summed E-state index contributed by atoms with van der Waals surface area (Å²) in [5.41, 5.74) is 0. The SMILES string of the molecule is COC(=O)C(CCc1nccn1C)C(=O)OC. The largest absolute Gasteiger partial charge is 0.468 e. The van der Waals surface area contributed by atoms with E-state index in [1.807, 2.05) is 11.6 Å². The summed E-state index contributed by atoms with van der Waals surface area (Å²) < 4.78 is 11.0. The van der Waals surface area contributed by atoms with Gasteiger partial charge in [-0.05, 0) is 6.42 Å². The number of carbonyl (C=O) groups excluding carboxylic acids is 2. The van der Waals surface area contributed by atoms with E-state index in [9.17, 15) is 9.59 Å². The second kappa shape index (κ2) is 6.03. The van der Waals surface area contributed by atoms with Crippen LogP contribution in [0.2, 0.25) is 0 Å². The molecule has 0 aliphatic rings. The van der Waals surface area contributed by atoms with E-state index < -0.39 is 17.9 Å². The second-order valence-electron chi connectivity index (χ2n) is 3.59. The van der Waals surface area contributed by atoms with Gasteiger partial charge in [0, 0.05) is 25.9 Å². The van der Waals surface area contributed by atoms with Crippen LogP contribution in [0.4, 0.5) is 0 Å². The van der Waals surface area contributed by atoms with Gasteiger partial charge in [0.15, 0.2) is 5.92 Å². The maximum absolute atomic E-state index is 11.4. The summed E-state index contributed by atoms with van der Waals surface area (Å²) in [6.07, 6.45) is 4.31. The molecule has 0 amide bonds. The third-order valence-electron chi connectivity index (χ3n) is 2.55. The van der Waals surface area contributed by atoms with E-state index in [0.29, 0.717) is 12.8 Å². The smallest absolute Gasteiger partial charge is 0.320 e. The van der Waals surface area contributed by atoms with E-state index in [1.165, 1.54) is 14.2 Å². The van der Waals surface area contributed by atoms with Crippen molar-refractivity contribution in [1.29, 1.82) is 0 Å². The molecule has 0 aromatic carbocycles. The first-order chi connectivity index (χ1) is 8.10. The minimum absolute atomic E-state index is 0.324. The predicted molar refractivity (Wildman–Crippen MR) is 59.1 cm³/mol. The Morgan fingerprint density at radius 1 is 1.35 bits per heavy atom. The van der Waals surface area contributed by atoms with E-state index in [-0.39, 0.29) is 0 Å². The number of aryl methyl sites for hydroxylation is 2. The first-order valence-corrected chi connectivity index (χ1v) is 5.22. The van der Waals surface area contributed by atoms with Crippen molar-refractivity contribution in [1.82, 2.24) is 9.55 Å². The van der Waals surface area contributed by atoms with Crippen LogP contribution in [0.3, 0.4) is 0 Å². The van der Waals surface area contributed by atoms with Crippen LogP contribution < -0.4 is 0 Å². The van der Waals surface area contributed by atoms with Crippen molar-refractivity contribution in [3.8, 4) is 0 Å². The van der Waals surface area contributed by atoms with Gasteiger partial charge in [-0.3, -0.25) is 9.59 Å². The second-order valence-corrected chi connectivity index (χ2v) is 3.59. The average Bonchev–Trinajstić information content (AvgIpc) is 2.74. The highest BCUT2D eigenvalue weighted by Crippen LogP contribution is 2.12. The molecular weight excluding hydrogens is 224 g/mol. The van der Waals surface area contributed by atoms with Crippen molar-refractivity contribution in [2.75, 3.05) is 14.2 Å². The molecule has 6 nitrogen and oxygen atoms in total. The lowest BCUT2D eigenvalue weighted by atomic mass is 10.0. The Labute approximate surface area is 99.5 Å². The third kappa shape index (κ3) is 3.30. The number of ether oxygens (including phenoxy) is 2. The van der Waals surface area contributed by atoms with Gasteiger partial charge in [0.1, 0.15) is 5.82 Å². The number of rotatable bonds is 5. The highest BCUT2D eigenvalue weighted by molar-refractivity contribution is 5.94. The van der Waals surface area contributed by atoms with Crippen molar-refractivity contribution in [2.45, 2.75) is 12.8 Å². The Hall–Kier alpha value is -1.85. The molecule has 1 aromatic rings. The van der Waals surface area contributed by atoms with Gasteiger partial charge >= 0.3 is 11.9 Å². The molecule has 0 aliphatic heterocycles. The number of methoxy groups -OCH3 is 2. The molecule has 0 bridgehead atoms. The van der Waals surface area contributed by atoms with Crippen LogP contribution >= 0.6 is 0 Å². The zero-order valence-electron chi connectivity index (χ0n) is 10.2. The monoisotopic (exact) mass is 240 g/mol. The topological polar surface area (TPSA) is 70.4 Å². The van der Waals surface area contributed by atoms with Crippen molar-refractivity contribution in [2.24, 2.45) is 13.0 Å². The lowest BCUT2D eigenvalue weighted by molar-refractivity contribution is -0.159. The molecule has 0 spiro atoms. The summed E-state index contributed by atoms with van der Waals surface area (Å²) >= 11 is 0. The molecule has 0 radical (unpaired) electrons. The molecule has 0 saturated carbocycles. The summed E-state index contributed by atoms with van der Waals surface area (Å²) in [7, 11) is 4.35. The quantitative estimate of drug-likeness (QED) is 0.547. The van der Waals surface area contributed by atoms with Gasteiger partial charge in [-0.15, -0.1) is 0 Å². The highest BCUT2D eigenvalue weighted by Gasteiger charge is 2.28. The number of aromatic nitrogens is 2.